The van der Waals surface area contributed by atoms with Gasteiger partial charge < -0.3 is 15.4 Å². The van der Waals surface area contributed by atoms with E-state index in [9.17, 15) is 0 Å². The van der Waals surface area contributed by atoms with Gasteiger partial charge >= 0.3 is 0 Å². The zero-order valence-corrected chi connectivity index (χ0v) is 10.6. The molecule has 3 rings (SSSR count). The molecule has 0 spiro atoms. The molecule has 0 radical (unpaired) electrons. The summed E-state index contributed by atoms with van der Waals surface area (Å²) in [5.41, 5.74) is 8.88. The van der Waals surface area contributed by atoms with E-state index in [2.05, 4.69) is 24.8 Å². The van der Waals surface area contributed by atoms with E-state index in [4.69, 9.17) is 10.5 Å². The first-order chi connectivity index (χ1) is 8.68. The highest BCUT2D eigenvalue weighted by atomic mass is 16.5. The molecule has 2 aromatic rings. The van der Waals surface area contributed by atoms with Gasteiger partial charge in [0.05, 0.1) is 11.4 Å². The lowest BCUT2D eigenvalue weighted by molar-refractivity contribution is 0.470. The summed E-state index contributed by atoms with van der Waals surface area (Å²) in [4.78, 5) is 2.23. The topological polar surface area (TPSA) is 38.5 Å². The monoisotopic (exact) mass is 240 g/mol. The van der Waals surface area contributed by atoms with Crippen LogP contribution in [0, 0.1) is 0 Å². The van der Waals surface area contributed by atoms with Gasteiger partial charge in [-0.3, -0.25) is 0 Å². The molecular weight excluding hydrogens is 224 g/mol. The summed E-state index contributed by atoms with van der Waals surface area (Å²) in [7, 11) is 0. The molecule has 0 unspecified atom stereocenters. The van der Waals surface area contributed by atoms with Crippen LogP contribution in [0.5, 0.6) is 11.5 Å². The first-order valence-electron chi connectivity index (χ1n) is 6.13. The van der Waals surface area contributed by atoms with Gasteiger partial charge in [-0.2, -0.15) is 0 Å². The fourth-order valence-electron chi connectivity index (χ4n) is 2.40. The van der Waals surface area contributed by atoms with E-state index >= 15 is 0 Å². The Kier molecular flexibility index (Phi) is 2.40. The van der Waals surface area contributed by atoms with Crippen LogP contribution in [0.15, 0.2) is 42.5 Å². The number of benzene rings is 2. The zero-order valence-electron chi connectivity index (χ0n) is 10.6. The fraction of sp³-hybridized carbons (Fsp3) is 0.200. The van der Waals surface area contributed by atoms with Gasteiger partial charge in [-0.25, -0.2) is 0 Å². The number of rotatable bonds is 1. The van der Waals surface area contributed by atoms with E-state index in [0.717, 1.165) is 28.6 Å². The molecule has 2 N–H and O–H groups in total. The van der Waals surface area contributed by atoms with Gasteiger partial charge in [-0.05, 0) is 38.1 Å². The van der Waals surface area contributed by atoms with E-state index in [1.54, 1.807) is 0 Å². The van der Waals surface area contributed by atoms with Gasteiger partial charge in [0, 0.05) is 6.04 Å². The summed E-state index contributed by atoms with van der Waals surface area (Å²) >= 11 is 0. The SMILES string of the molecule is CC(C)N1c2ccccc2Oc2cccc(N)c21. The van der Waals surface area contributed by atoms with Crippen LogP contribution in [0.1, 0.15) is 13.8 Å². The maximum Gasteiger partial charge on any atom is 0.153 e. The Labute approximate surface area is 107 Å². The number of para-hydroxylation sites is 3. The molecule has 0 amide bonds. The summed E-state index contributed by atoms with van der Waals surface area (Å²) in [6.07, 6.45) is 0. The Morgan fingerprint density at radius 3 is 2.50 bits per heavy atom. The van der Waals surface area contributed by atoms with Crippen molar-refractivity contribution in [3.63, 3.8) is 0 Å². The highest BCUT2D eigenvalue weighted by Gasteiger charge is 2.27. The van der Waals surface area contributed by atoms with Crippen LogP contribution in [-0.4, -0.2) is 6.04 Å². The highest BCUT2D eigenvalue weighted by molar-refractivity contribution is 5.86. The van der Waals surface area contributed by atoms with Crippen LogP contribution < -0.4 is 15.4 Å². The van der Waals surface area contributed by atoms with Crippen molar-refractivity contribution >= 4 is 17.1 Å². The Hall–Kier alpha value is -2.16. The first-order valence-corrected chi connectivity index (χ1v) is 6.13. The molecule has 1 aliphatic rings. The maximum atomic E-state index is 6.11. The second-order valence-electron chi connectivity index (χ2n) is 4.73. The predicted octanol–water partition coefficient (Wildman–Crippen LogP) is 3.92. The van der Waals surface area contributed by atoms with Crippen LogP contribution in [0.2, 0.25) is 0 Å². The average molecular weight is 240 g/mol. The molecule has 3 nitrogen and oxygen atoms in total. The largest absolute Gasteiger partial charge is 0.453 e. The first kappa shape index (κ1) is 11.0. The van der Waals surface area contributed by atoms with Gasteiger partial charge in [0.15, 0.2) is 11.5 Å². The number of fused-ring (bicyclic) bond motifs is 2. The van der Waals surface area contributed by atoms with Crippen LogP contribution in [0.25, 0.3) is 0 Å². The third-order valence-corrected chi connectivity index (χ3v) is 3.13. The maximum absolute atomic E-state index is 6.11. The zero-order chi connectivity index (χ0) is 12.7. The molecular formula is C15H16N2O. The van der Waals surface area contributed by atoms with Gasteiger partial charge in [0.25, 0.3) is 0 Å². The van der Waals surface area contributed by atoms with E-state index in [1.165, 1.54) is 0 Å². The Balaban J connectivity index is 2.25. The van der Waals surface area contributed by atoms with Crippen molar-refractivity contribution in [1.29, 1.82) is 0 Å². The minimum atomic E-state index is 0.318. The van der Waals surface area contributed by atoms with Crippen LogP contribution >= 0.6 is 0 Å². The Morgan fingerprint density at radius 1 is 1.00 bits per heavy atom. The number of hydrogen-bond acceptors (Lipinski definition) is 3. The highest BCUT2D eigenvalue weighted by Crippen LogP contribution is 2.49. The third kappa shape index (κ3) is 1.51. The summed E-state index contributed by atoms with van der Waals surface area (Å²) in [6, 6.07) is 14.1. The smallest absolute Gasteiger partial charge is 0.153 e. The minimum absolute atomic E-state index is 0.318. The second kappa shape index (κ2) is 3.95. The lowest BCUT2D eigenvalue weighted by Gasteiger charge is -2.36. The molecule has 0 saturated carbocycles. The molecule has 2 aromatic carbocycles. The average Bonchev–Trinajstić information content (AvgIpc) is 2.36. The van der Waals surface area contributed by atoms with Crippen molar-refractivity contribution in [1.82, 2.24) is 0 Å². The number of ether oxygens (including phenoxy) is 1. The molecule has 0 saturated heterocycles. The van der Waals surface area contributed by atoms with E-state index in [0.29, 0.717) is 6.04 Å². The van der Waals surface area contributed by atoms with Crippen LogP contribution in [-0.2, 0) is 0 Å². The summed E-state index contributed by atoms with van der Waals surface area (Å²) in [5, 5.41) is 0. The molecule has 1 aliphatic heterocycles. The van der Waals surface area contributed by atoms with Crippen molar-refractivity contribution in [3.8, 4) is 11.5 Å². The number of nitrogens with two attached hydrogens (primary N) is 1. The number of anilines is 3. The van der Waals surface area contributed by atoms with Crippen LogP contribution in [0.3, 0.4) is 0 Å². The second-order valence-corrected chi connectivity index (χ2v) is 4.73. The molecule has 0 fully saturated rings. The quantitative estimate of drug-likeness (QED) is 0.768. The van der Waals surface area contributed by atoms with Gasteiger partial charge in [0.1, 0.15) is 5.69 Å². The molecule has 1 heterocycles. The molecule has 0 aliphatic carbocycles. The number of hydrogen-bond donors (Lipinski definition) is 1. The van der Waals surface area contributed by atoms with Crippen molar-refractivity contribution in [2.24, 2.45) is 0 Å². The van der Waals surface area contributed by atoms with E-state index in [1.807, 2.05) is 36.4 Å². The van der Waals surface area contributed by atoms with Crippen molar-refractivity contribution in [3.05, 3.63) is 42.5 Å². The van der Waals surface area contributed by atoms with Gasteiger partial charge in [-0.1, -0.05) is 18.2 Å². The molecule has 0 aromatic heterocycles. The van der Waals surface area contributed by atoms with Crippen molar-refractivity contribution < 1.29 is 4.74 Å². The van der Waals surface area contributed by atoms with Crippen molar-refractivity contribution in [2.75, 3.05) is 10.6 Å². The van der Waals surface area contributed by atoms with E-state index in [-0.39, 0.29) is 0 Å². The van der Waals surface area contributed by atoms with Crippen molar-refractivity contribution in [2.45, 2.75) is 19.9 Å². The lowest BCUT2D eigenvalue weighted by Crippen LogP contribution is -2.29. The Bertz CT molecular complexity index is 593. The van der Waals surface area contributed by atoms with E-state index < -0.39 is 0 Å². The fourth-order valence-corrected chi connectivity index (χ4v) is 2.40. The van der Waals surface area contributed by atoms with Gasteiger partial charge in [0.2, 0.25) is 0 Å². The molecule has 3 heteroatoms. The predicted molar refractivity (Wildman–Crippen MR) is 74.6 cm³/mol. The molecule has 0 bridgehead atoms. The standard InChI is InChI=1S/C15H16N2O/c1-10(2)17-12-7-3-4-8-13(12)18-14-9-5-6-11(16)15(14)17/h3-10H,16H2,1-2H3. The summed E-state index contributed by atoms with van der Waals surface area (Å²) in [5.74, 6) is 1.70. The molecule has 0 atom stereocenters. The number of nitrogens with zero attached hydrogens (tertiary/aromatic N) is 1. The Morgan fingerprint density at radius 2 is 1.72 bits per heavy atom. The lowest BCUT2D eigenvalue weighted by atomic mass is 10.1. The third-order valence-electron chi connectivity index (χ3n) is 3.13. The summed E-state index contributed by atoms with van der Waals surface area (Å²) < 4.78 is 5.92. The van der Waals surface area contributed by atoms with Gasteiger partial charge in [-0.15, -0.1) is 0 Å². The minimum Gasteiger partial charge on any atom is -0.453 e. The van der Waals surface area contributed by atoms with Crippen LogP contribution in [0.4, 0.5) is 17.1 Å². The normalized spacial score (nSPS) is 12.9. The summed E-state index contributed by atoms with van der Waals surface area (Å²) in [6.45, 7) is 4.30. The molecule has 18 heavy (non-hydrogen) atoms. The molecule has 92 valence electrons. The number of nitrogen functional groups attached to an aromatic ring is 1.